The first kappa shape index (κ1) is 18.7. The Hall–Kier alpha value is -2.05. The number of rotatable bonds is 5. The van der Waals surface area contributed by atoms with Crippen molar-refractivity contribution in [2.45, 2.75) is 0 Å². The molecule has 0 aliphatic carbocycles. The number of ether oxygens (including phenoxy) is 1. The molecular formula is C15H18N4O5S2. The highest BCUT2D eigenvalue weighted by Gasteiger charge is 2.38. The Labute approximate surface area is 156 Å². The zero-order valence-corrected chi connectivity index (χ0v) is 15.6. The van der Waals surface area contributed by atoms with Crippen molar-refractivity contribution in [3.63, 3.8) is 0 Å². The van der Waals surface area contributed by atoms with Gasteiger partial charge < -0.3 is 14.2 Å². The summed E-state index contributed by atoms with van der Waals surface area (Å²) in [6.07, 6.45) is 1.39. The molecule has 1 aliphatic rings. The van der Waals surface area contributed by atoms with E-state index in [0.717, 1.165) is 11.3 Å². The molecule has 9 nitrogen and oxygen atoms in total. The van der Waals surface area contributed by atoms with Crippen LogP contribution in [0.4, 0.5) is 10.8 Å². The number of quaternary nitrogens is 1. The first-order valence-electron chi connectivity index (χ1n) is 7.77. The second kappa shape index (κ2) is 7.68. The van der Waals surface area contributed by atoms with Gasteiger partial charge in [0.05, 0.1) is 26.4 Å². The minimum atomic E-state index is -2.34. The van der Waals surface area contributed by atoms with E-state index in [2.05, 4.69) is 4.98 Å². The quantitative estimate of drug-likeness (QED) is 0.333. The Kier molecular flexibility index (Phi) is 5.53. The largest absolute Gasteiger partial charge is 0.724 e. The van der Waals surface area contributed by atoms with Gasteiger partial charge in [0.15, 0.2) is 16.4 Å². The lowest BCUT2D eigenvalue weighted by Gasteiger charge is -2.43. The van der Waals surface area contributed by atoms with E-state index in [0.29, 0.717) is 42.7 Å². The summed E-state index contributed by atoms with van der Waals surface area (Å²) in [4.78, 5) is 17.9. The van der Waals surface area contributed by atoms with Crippen LogP contribution in [-0.2, 0) is 11.3 Å². The molecule has 1 aromatic carbocycles. The molecule has 140 valence electrons. The summed E-state index contributed by atoms with van der Waals surface area (Å²) in [5, 5.41) is 9.31. The molecule has 1 atom stereocenters. The summed E-state index contributed by atoms with van der Waals surface area (Å²) in [6, 6.07) is 7.01. The number of hydrogen-bond acceptors (Lipinski definition) is 8. The summed E-state index contributed by atoms with van der Waals surface area (Å²) in [5.41, 5.74) is 2.25. The fourth-order valence-corrected chi connectivity index (χ4v) is 4.51. The van der Waals surface area contributed by atoms with Crippen molar-refractivity contribution in [3.8, 4) is 5.75 Å². The standard InChI is InChI=1S/C15H18N4O5S2/c1-24-12-4-2-11(3-5-12)19(26(22)23)8-6-18(7-9-19)15-16-10-13(25-15)14(20)17-21/h2-5,10H,6-9H2,1H3,(H2-,17,20,21,22,23). The van der Waals surface area contributed by atoms with Crippen LogP contribution in [0.15, 0.2) is 30.5 Å². The summed E-state index contributed by atoms with van der Waals surface area (Å²) in [7, 11) is 1.56. The number of amides is 1. The van der Waals surface area contributed by atoms with Gasteiger partial charge in [0.2, 0.25) is 0 Å². The van der Waals surface area contributed by atoms with Crippen LogP contribution in [-0.4, -0.2) is 58.1 Å². The molecular weight excluding hydrogens is 380 g/mol. The van der Waals surface area contributed by atoms with Crippen molar-refractivity contribution in [2.24, 2.45) is 0 Å². The zero-order valence-electron chi connectivity index (χ0n) is 14.0. The van der Waals surface area contributed by atoms with Crippen molar-refractivity contribution in [1.82, 2.24) is 14.4 Å². The lowest BCUT2D eigenvalue weighted by molar-refractivity contribution is 0.0710. The third kappa shape index (κ3) is 3.44. The molecule has 26 heavy (non-hydrogen) atoms. The molecule has 2 aromatic rings. The first-order valence-corrected chi connectivity index (χ1v) is 9.62. The van der Waals surface area contributed by atoms with Crippen LogP contribution >= 0.6 is 11.3 Å². The van der Waals surface area contributed by atoms with Crippen molar-refractivity contribution in [3.05, 3.63) is 35.3 Å². The molecule has 3 rings (SSSR count). The maximum Gasteiger partial charge on any atom is 0.286 e. The molecule has 2 N–H and O–H groups in total. The number of anilines is 1. The zero-order chi connectivity index (χ0) is 18.7. The van der Waals surface area contributed by atoms with Gasteiger partial charge >= 0.3 is 0 Å². The normalized spacial score (nSPS) is 17.6. The number of hydroxylamine groups is 1. The van der Waals surface area contributed by atoms with E-state index in [9.17, 15) is 13.6 Å². The average Bonchev–Trinajstić information content (AvgIpc) is 3.17. The Morgan fingerprint density at radius 1 is 1.38 bits per heavy atom. The predicted molar refractivity (Wildman–Crippen MR) is 97.0 cm³/mol. The van der Waals surface area contributed by atoms with Gasteiger partial charge in [-0.25, -0.2) is 18.6 Å². The van der Waals surface area contributed by atoms with E-state index in [1.807, 2.05) is 4.90 Å². The lowest BCUT2D eigenvalue weighted by Crippen LogP contribution is -2.61. The summed E-state index contributed by atoms with van der Waals surface area (Å²) in [5.74, 6) is 0.0504. The second-order valence-corrected chi connectivity index (χ2v) is 7.83. The van der Waals surface area contributed by atoms with Crippen LogP contribution in [0, 0.1) is 0 Å². The molecule has 11 heteroatoms. The van der Waals surface area contributed by atoms with Crippen molar-refractivity contribution >= 4 is 39.3 Å². The van der Waals surface area contributed by atoms with Crippen LogP contribution in [0.5, 0.6) is 5.75 Å². The predicted octanol–water partition coefficient (Wildman–Crippen LogP) is 0.892. The number of piperazine rings is 1. The van der Waals surface area contributed by atoms with Gasteiger partial charge in [-0.05, 0) is 12.1 Å². The van der Waals surface area contributed by atoms with Gasteiger partial charge in [0.1, 0.15) is 29.4 Å². The number of carbonyl (C=O) groups is 1. The van der Waals surface area contributed by atoms with Crippen LogP contribution in [0.1, 0.15) is 9.67 Å². The highest BCUT2D eigenvalue weighted by Crippen LogP contribution is 2.31. The number of hydrogen-bond donors (Lipinski definition) is 2. The van der Waals surface area contributed by atoms with E-state index in [1.54, 1.807) is 36.9 Å². The molecule has 0 saturated carbocycles. The number of thiazole rings is 1. The Bertz CT molecular complexity index is 803. The third-order valence-corrected chi connectivity index (χ3v) is 6.58. The minimum Gasteiger partial charge on any atom is -0.724 e. The van der Waals surface area contributed by atoms with Gasteiger partial charge in [-0.15, -0.1) is 0 Å². The lowest BCUT2D eigenvalue weighted by atomic mass is 10.2. The van der Waals surface area contributed by atoms with E-state index >= 15 is 0 Å². The summed E-state index contributed by atoms with van der Waals surface area (Å²) >= 11 is -1.19. The number of carbonyl (C=O) groups excluding carboxylic acids is 1. The molecule has 1 saturated heterocycles. The molecule has 1 amide bonds. The van der Waals surface area contributed by atoms with Crippen molar-refractivity contribution in [1.29, 1.82) is 0 Å². The molecule has 1 fully saturated rings. The van der Waals surface area contributed by atoms with Gasteiger partial charge in [0.25, 0.3) is 5.91 Å². The van der Waals surface area contributed by atoms with Crippen molar-refractivity contribution in [2.75, 3.05) is 38.2 Å². The van der Waals surface area contributed by atoms with E-state index in [1.165, 1.54) is 6.20 Å². The number of methoxy groups -OCH3 is 1. The molecule has 0 spiro atoms. The average molecular weight is 398 g/mol. The SMILES string of the molecule is COc1ccc([N+]2(S(=O)[O-])CCN(c3ncc(C(=O)NO)s3)CC2)cc1. The smallest absolute Gasteiger partial charge is 0.286 e. The number of aromatic nitrogens is 1. The maximum absolute atomic E-state index is 12.0. The first-order chi connectivity index (χ1) is 12.5. The number of nitrogens with zero attached hydrogens (tertiary/aromatic N) is 3. The Balaban J connectivity index is 1.78. The van der Waals surface area contributed by atoms with E-state index in [-0.39, 0.29) is 8.77 Å². The maximum atomic E-state index is 12.0. The van der Waals surface area contributed by atoms with E-state index < -0.39 is 17.2 Å². The van der Waals surface area contributed by atoms with Gasteiger partial charge in [-0.3, -0.25) is 10.0 Å². The Morgan fingerprint density at radius 3 is 2.58 bits per heavy atom. The second-order valence-electron chi connectivity index (χ2n) is 5.69. The Morgan fingerprint density at radius 2 is 2.04 bits per heavy atom. The summed E-state index contributed by atoms with van der Waals surface area (Å²) in [6.45, 7) is 1.63. The molecule has 1 unspecified atom stereocenters. The van der Waals surface area contributed by atoms with Crippen molar-refractivity contribution < 1.29 is 23.5 Å². The van der Waals surface area contributed by atoms with Gasteiger partial charge in [0, 0.05) is 12.1 Å². The van der Waals surface area contributed by atoms with Gasteiger partial charge in [-0.2, -0.15) is 0 Å². The fraction of sp³-hybridized carbons (Fsp3) is 0.333. The minimum absolute atomic E-state index is 0.171. The molecule has 0 bridgehead atoms. The van der Waals surface area contributed by atoms with Crippen LogP contribution in [0.3, 0.4) is 0 Å². The van der Waals surface area contributed by atoms with Crippen LogP contribution in [0.25, 0.3) is 0 Å². The van der Waals surface area contributed by atoms with Gasteiger partial charge in [-0.1, -0.05) is 11.3 Å². The van der Waals surface area contributed by atoms with E-state index in [4.69, 9.17) is 9.94 Å². The summed E-state index contributed by atoms with van der Waals surface area (Å²) < 4.78 is 29.0. The highest BCUT2D eigenvalue weighted by molar-refractivity contribution is 7.78. The molecule has 2 heterocycles. The number of nitrogens with one attached hydrogen (secondary N) is 1. The topological polar surface area (TPSA) is 115 Å². The van der Waals surface area contributed by atoms with Crippen LogP contribution < -0.4 is 19.0 Å². The molecule has 1 aromatic heterocycles. The fourth-order valence-electron chi connectivity index (χ4n) is 2.90. The third-order valence-electron chi connectivity index (χ3n) is 4.38. The molecule has 1 aliphatic heterocycles. The number of benzene rings is 1. The highest BCUT2D eigenvalue weighted by atomic mass is 32.2. The monoisotopic (exact) mass is 398 g/mol. The van der Waals surface area contributed by atoms with Crippen LogP contribution in [0.2, 0.25) is 0 Å². The molecule has 0 radical (unpaired) electrons.